The van der Waals surface area contributed by atoms with Crippen LogP contribution in [0.5, 0.6) is 0 Å². The van der Waals surface area contributed by atoms with Gasteiger partial charge >= 0.3 is 0 Å². The van der Waals surface area contributed by atoms with E-state index in [0.29, 0.717) is 0 Å². The molecule has 0 amide bonds. The summed E-state index contributed by atoms with van der Waals surface area (Å²) in [6, 6.07) is 17.2. The Kier molecular flexibility index (Phi) is 6.60. The van der Waals surface area contributed by atoms with Crippen LogP contribution in [0.2, 0.25) is 0 Å². The molecular formula is C29H37N2O2+. The fraction of sp³-hybridized carbons (Fsp3) is 0.414. The highest BCUT2D eigenvalue weighted by Gasteiger charge is 2.44. The topological polar surface area (TPSA) is 46.7 Å². The van der Waals surface area contributed by atoms with Crippen molar-refractivity contribution in [1.29, 1.82) is 0 Å². The number of fused-ring (bicyclic) bond motifs is 2. The first kappa shape index (κ1) is 23.5. The molecule has 0 atom stereocenters. The van der Waals surface area contributed by atoms with Crippen molar-refractivity contribution in [2.45, 2.75) is 51.4 Å². The number of aliphatic hydroxyl groups is 2. The van der Waals surface area contributed by atoms with Crippen LogP contribution in [-0.2, 0) is 10.8 Å². The molecule has 2 aromatic rings. The summed E-state index contributed by atoms with van der Waals surface area (Å²) in [5.41, 5.74) is 7.43. The first-order valence-electron chi connectivity index (χ1n) is 12.1. The second kappa shape index (κ2) is 9.28. The average molecular weight is 446 g/mol. The molecule has 0 bridgehead atoms. The quantitative estimate of drug-likeness (QED) is 0.558. The molecule has 4 nitrogen and oxygen atoms in total. The van der Waals surface area contributed by atoms with Crippen molar-refractivity contribution in [2.24, 2.45) is 0 Å². The predicted octanol–water partition coefficient (Wildman–Crippen LogP) is 5.07. The van der Waals surface area contributed by atoms with Gasteiger partial charge in [0.1, 0.15) is 0 Å². The van der Waals surface area contributed by atoms with E-state index >= 15 is 0 Å². The Hall–Kier alpha value is -2.69. The Balaban J connectivity index is 1.74. The maximum atomic E-state index is 9.47. The van der Waals surface area contributed by atoms with Gasteiger partial charge in [0.15, 0.2) is 12.3 Å². The van der Waals surface area contributed by atoms with Crippen molar-refractivity contribution >= 4 is 17.1 Å². The molecule has 0 aromatic heterocycles. The number of rotatable bonds is 8. The van der Waals surface area contributed by atoms with Crippen molar-refractivity contribution in [3.05, 3.63) is 83.6 Å². The normalized spacial score (nSPS) is 19.6. The third-order valence-electron chi connectivity index (χ3n) is 7.19. The molecule has 4 heteroatoms. The lowest BCUT2D eigenvalue weighted by Crippen LogP contribution is -2.28. The molecule has 2 aliphatic heterocycles. The van der Waals surface area contributed by atoms with E-state index in [1.165, 1.54) is 33.9 Å². The summed E-state index contributed by atoms with van der Waals surface area (Å²) in [7, 11) is 0. The van der Waals surface area contributed by atoms with Crippen molar-refractivity contribution in [3.63, 3.8) is 0 Å². The monoisotopic (exact) mass is 445 g/mol. The lowest BCUT2D eigenvalue weighted by atomic mass is 9.81. The predicted molar refractivity (Wildman–Crippen MR) is 137 cm³/mol. The van der Waals surface area contributed by atoms with Crippen LogP contribution in [-0.4, -0.2) is 46.8 Å². The summed E-state index contributed by atoms with van der Waals surface area (Å²) in [5.74, 6) is 0. The third kappa shape index (κ3) is 4.07. The van der Waals surface area contributed by atoms with Crippen LogP contribution in [0.15, 0.2) is 72.5 Å². The lowest BCUT2D eigenvalue weighted by Gasteiger charge is -2.26. The summed E-state index contributed by atoms with van der Waals surface area (Å²) in [5, 5.41) is 18.9. The average Bonchev–Trinajstić information content (AvgIpc) is 3.16. The van der Waals surface area contributed by atoms with Gasteiger partial charge in [0.05, 0.1) is 5.41 Å². The Morgan fingerprint density at radius 3 is 2.24 bits per heavy atom. The molecule has 0 unspecified atom stereocenters. The summed E-state index contributed by atoms with van der Waals surface area (Å²) in [6.45, 7) is 11.1. The zero-order valence-electron chi connectivity index (χ0n) is 20.4. The van der Waals surface area contributed by atoms with E-state index in [-0.39, 0.29) is 24.0 Å². The zero-order chi connectivity index (χ0) is 23.6. The van der Waals surface area contributed by atoms with Gasteiger partial charge in [-0.15, -0.1) is 0 Å². The standard InChI is InChI=1S/C29H37N2O2/c1-28(2)22-12-5-7-14-24(22)30(18-10-20-32)26(28)16-9-17-27-29(3,4)23-13-6-8-15-25(23)31(27)19-11-21-33/h5-9,12-17,32-33H,10-11,18-21H2,1-4H3/q+1. The molecule has 2 N–H and O–H groups in total. The first-order valence-corrected chi connectivity index (χ1v) is 12.1. The van der Waals surface area contributed by atoms with E-state index in [9.17, 15) is 10.2 Å². The molecule has 0 saturated carbocycles. The number of aliphatic hydroxyl groups excluding tert-OH is 2. The number of anilines is 1. The van der Waals surface area contributed by atoms with Crippen molar-refractivity contribution in [1.82, 2.24) is 0 Å². The van der Waals surface area contributed by atoms with E-state index in [2.05, 4.69) is 104 Å². The van der Waals surface area contributed by atoms with Crippen LogP contribution in [0.25, 0.3) is 0 Å². The molecule has 174 valence electrons. The SMILES string of the molecule is CC1(C)C(/C=C/C=C2\N(CCCO)c3ccccc3C2(C)C)=[N+](CCCO)c2ccccc21. The molecule has 2 aromatic carbocycles. The van der Waals surface area contributed by atoms with Gasteiger partial charge < -0.3 is 15.1 Å². The van der Waals surface area contributed by atoms with Crippen LogP contribution < -0.4 is 4.90 Å². The van der Waals surface area contributed by atoms with Gasteiger partial charge in [0.2, 0.25) is 5.69 Å². The second-order valence-electron chi connectivity index (χ2n) is 10.0. The van der Waals surface area contributed by atoms with Crippen molar-refractivity contribution in [3.8, 4) is 0 Å². The maximum Gasteiger partial charge on any atom is 0.209 e. The van der Waals surface area contributed by atoms with Gasteiger partial charge in [-0.2, -0.15) is 4.58 Å². The third-order valence-corrected chi connectivity index (χ3v) is 7.19. The molecule has 4 rings (SSSR count). The fourth-order valence-corrected chi connectivity index (χ4v) is 5.45. The van der Waals surface area contributed by atoms with Gasteiger partial charge in [-0.05, 0) is 38.0 Å². The van der Waals surface area contributed by atoms with E-state index in [1.54, 1.807) is 0 Å². The number of allylic oxidation sites excluding steroid dienone is 4. The minimum atomic E-state index is -0.105. The molecule has 2 heterocycles. The number of para-hydroxylation sites is 2. The molecule has 0 spiro atoms. The van der Waals surface area contributed by atoms with Crippen LogP contribution in [0.3, 0.4) is 0 Å². The van der Waals surface area contributed by atoms with E-state index in [1.807, 2.05) is 0 Å². The lowest BCUT2D eigenvalue weighted by molar-refractivity contribution is -0.438. The molecule has 0 fully saturated rings. The number of hydrogen-bond donors (Lipinski definition) is 2. The first-order chi connectivity index (χ1) is 15.8. The summed E-state index contributed by atoms with van der Waals surface area (Å²) in [6.07, 6.45) is 8.14. The van der Waals surface area contributed by atoms with Gasteiger partial charge in [-0.1, -0.05) is 56.3 Å². The minimum Gasteiger partial charge on any atom is -0.396 e. The number of benzene rings is 2. The molecule has 0 aliphatic carbocycles. The van der Waals surface area contributed by atoms with Crippen LogP contribution in [0.4, 0.5) is 11.4 Å². The molecular weight excluding hydrogens is 408 g/mol. The van der Waals surface area contributed by atoms with Crippen molar-refractivity contribution < 1.29 is 14.8 Å². The Labute approximate surface area is 198 Å². The van der Waals surface area contributed by atoms with Crippen molar-refractivity contribution in [2.75, 3.05) is 31.2 Å². The Bertz CT molecular complexity index is 1110. The van der Waals surface area contributed by atoms with Crippen LogP contribution in [0.1, 0.15) is 51.7 Å². The molecule has 0 radical (unpaired) electrons. The zero-order valence-corrected chi connectivity index (χ0v) is 20.4. The smallest absolute Gasteiger partial charge is 0.209 e. The van der Waals surface area contributed by atoms with Gasteiger partial charge in [0.25, 0.3) is 0 Å². The fourth-order valence-electron chi connectivity index (χ4n) is 5.45. The van der Waals surface area contributed by atoms with E-state index in [0.717, 1.165) is 25.9 Å². The largest absolute Gasteiger partial charge is 0.396 e. The van der Waals surface area contributed by atoms with Gasteiger partial charge in [-0.25, -0.2) is 0 Å². The molecule has 2 aliphatic rings. The summed E-state index contributed by atoms with van der Waals surface area (Å²) < 4.78 is 2.36. The Morgan fingerprint density at radius 1 is 0.848 bits per heavy atom. The number of nitrogens with zero attached hydrogens (tertiary/aromatic N) is 2. The second-order valence-corrected chi connectivity index (χ2v) is 10.0. The summed E-state index contributed by atoms with van der Waals surface area (Å²) in [4.78, 5) is 2.36. The van der Waals surface area contributed by atoms with E-state index < -0.39 is 0 Å². The maximum absolute atomic E-state index is 9.47. The van der Waals surface area contributed by atoms with Crippen LogP contribution in [0, 0.1) is 0 Å². The van der Waals surface area contributed by atoms with Crippen LogP contribution >= 0.6 is 0 Å². The Morgan fingerprint density at radius 2 is 1.52 bits per heavy atom. The highest BCUT2D eigenvalue weighted by molar-refractivity contribution is 6.03. The highest BCUT2D eigenvalue weighted by Crippen LogP contribution is 2.47. The molecule has 0 saturated heterocycles. The highest BCUT2D eigenvalue weighted by atomic mass is 16.3. The minimum absolute atomic E-state index is 0.105. The molecule has 33 heavy (non-hydrogen) atoms. The van der Waals surface area contributed by atoms with Gasteiger partial charge in [-0.3, -0.25) is 0 Å². The van der Waals surface area contributed by atoms with E-state index in [4.69, 9.17) is 0 Å². The van der Waals surface area contributed by atoms with Gasteiger partial charge in [0, 0.05) is 60.7 Å². The summed E-state index contributed by atoms with van der Waals surface area (Å²) >= 11 is 0. The number of hydrogen-bond acceptors (Lipinski definition) is 3.